The number of halogens is 3. The molecular weight excluding hydrogens is 289 g/mol. The molecule has 7 heteroatoms. The van der Waals surface area contributed by atoms with Gasteiger partial charge in [-0.15, -0.1) is 0 Å². The number of carbonyl (C=O) groups is 1. The van der Waals surface area contributed by atoms with E-state index in [9.17, 15) is 18.0 Å². The summed E-state index contributed by atoms with van der Waals surface area (Å²) in [5.74, 6) is -0.480. The highest BCUT2D eigenvalue weighted by molar-refractivity contribution is 7.71. The van der Waals surface area contributed by atoms with E-state index in [1.807, 2.05) is 0 Å². The summed E-state index contributed by atoms with van der Waals surface area (Å²) in [5.41, 5.74) is -0.254. The smallest absolute Gasteiger partial charge is 0.352 e. The van der Waals surface area contributed by atoms with E-state index in [1.165, 1.54) is 18.2 Å². The molecule has 2 N–H and O–H groups in total. The molecule has 2 rings (SSSR count). The van der Waals surface area contributed by atoms with Gasteiger partial charge < -0.3 is 10.3 Å². The average molecular weight is 298 g/mol. The fourth-order valence-corrected chi connectivity index (χ4v) is 1.77. The fraction of sp³-hybridized carbons (Fsp3) is 0.0769. The predicted octanol–water partition coefficient (Wildman–Crippen LogP) is 4.02. The van der Waals surface area contributed by atoms with E-state index in [1.54, 1.807) is 12.3 Å². The van der Waals surface area contributed by atoms with Gasteiger partial charge in [-0.25, -0.2) is 0 Å². The van der Waals surface area contributed by atoms with Crippen LogP contribution in [-0.2, 0) is 6.18 Å². The average Bonchev–Trinajstić information content (AvgIpc) is 2.38. The van der Waals surface area contributed by atoms with E-state index >= 15 is 0 Å². The summed E-state index contributed by atoms with van der Waals surface area (Å²) in [6.07, 6.45) is -2.82. The number of benzene rings is 1. The molecular formula is C13H9F3N2OS. The molecule has 0 radical (unpaired) electrons. The van der Waals surface area contributed by atoms with Crippen molar-refractivity contribution < 1.29 is 18.0 Å². The van der Waals surface area contributed by atoms with E-state index in [-0.39, 0.29) is 15.9 Å². The first-order valence-electron chi connectivity index (χ1n) is 5.54. The topological polar surface area (TPSA) is 44.9 Å². The van der Waals surface area contributed by atoms with Crippen LogP contribution in [0.1, 0.15) is 15.9 Å². The number of anilines is 1. The molecule has 1 aromatic heterocycles. The number of pyridine rings is 1. The SMILES string of the molecule is O=C(Nc1ccc(C(F)(F)F)cc1)c1ccc[nH]c1=S. The minimum atomic E-state index is -4.40. The lowest BCUT2D eigenvalue weighted by molar-refractivity contribution is -0.137. The van der Waals surface area contributed by atoms with Crippen LogP contribution in [0.2, 0.25) is 0 Å². The molecule has 1 heterocycles. The molecule has 104 valence electrons. The minimum Gasteiger partial charge on any atom is -0.352 e. The van der Waals surface area contributed by atoms with E-state index in [0.717, 1.165) is 12.1 Å². The molecule has 0 unspecified atom stereocenters. The molecule has 0 aliphatic rings. The number of amides is 1. The summed E-state index contributed by atoms with van der Waals surface area (Å²) in [4.78, 5) is 14.6. The third-order valence-corrected chi connectivity index (χ3v) is 2.87. The Kier molecular flexibility index (Phi) is 3.89. The molecule has 0 aliphatic heterocycles. The third kappa shape index (κ3) is 3.24. The Labute approximate surface area is 117 Å². The van der Waals surface area contributed by atoms with E-state index in [4.69, 9.17) is 12.2 Å². The van der Waals surface area contributed by atoms with Crippen molar-refractivity contribution in [2.24, 2.45) is 0 Å². The lowest BCUT2D eigenvalue weighted by atomic mass is 10.2. The van der Waals surface area contributed by atoms with Gasteiger partial charge in [0.2, 0.25) is 0 Å². The molecule has 20 heavy (non-hydrogen) atoms. The van der Waals surface area contributed by atoms with Crippen LogP contribution in [-0.4, -0.2) is 10.9 Å². The van der Waals surface area contributed by atoms with Gasteiger partial charge in [-0.3, -0.25) is 4.79 Å². The fourth-order valence-electron chi connectivity index (χ4n) is 1.54. The Morgan fingerprint density at radius 1 is 1.15 bits per heavy atom. The van der Waals surface area contributed by atoms with Crippen LogP contribution in [0.15, 0.2) is 42.6 Å². The van der Waals surface area contributed by atoms with Crippen LogP contribution in [0.3, 0.4) is 0 Å². The number of aromatic amines is 1. The van der Waals surface area contributed by atoms with Gasteiger partial charge in [-0.05, 0) is 36.4 Å². The van der Waals surface area contributed by atoms with Gasteiger partial charge in [0, 0.05) is 11.9 Å². The number of hydrogen-bond donors (Lipinski definition) is 2. The number of H-pyrrole nitrogens is 1. The molecule has 1 aromatic carbocycles. The molecule has 3 nitrogen and oxygen atoms in total. The first-order chi connectivity index (χ1) is 9.38. The van der Waals surface area contributed by atoms with Crippen LogP contribution in [0.5, 0.6) is 0 Å². The molecule has 0 fully saturated rings. The van der Waals surface area contributed by atoms with Crippen molar-refractivity contribution >= 4 is 23.8 Å². The van der Waals surface area contributed by atoms with Crippen molar-refractivity contribution in [2.75, 3.05) is 5.32 Å². The highest BCUT2D eigenvalue weighted by Crippen LogP contribution is 2.29. The Hall–Kier alpha value is -2.15. The second kappa shape index (κ2) is 5.46. The van der Waals surface area contributed by atoms with E-state index < -0.39 is 17.6 Å². The lowest BCUT2D eigenvalue weighted by Crippen LogP contribution is -2.13. The number of rotatable bonds is 2. The molecule has 2 aromatic rings. The van der Waals surface area contributed by atoms with Crippen LogP contribution < -0.4 is 5.32 Å². The zero-order chi connectivity index (χ0) is 14.8. The minimum absolute atomic E-state index is 0.252. The zero-order valence-corrected chi connectivity index (χ0v) is 10.8. The summed E-state index contributed by atoms with van der Waals surface area (Å²) >= 11 is 4.95. The second-order valence-corrected chi connectivity index (χ2v) is 4.35. The number of nitrogens with one attached hydrogen (secondary N) is 2. The third-order valence-electron chi connectivity index (χ3n) is 2.53. The maximum Gasteiger partial charge on any atom is 0.416 e. The van der Waals surface area contributed by atoms with E-state index in [0.29, 0.717) is 0 Å². The Morgan fingerprint density at radius 3 is 2.35 bits per heavy atom. The largest absolute Gasteiger partial charge is 0.416 e. The summed E-state index contributed by atoms with van der Waals surface area (Å²) in [5, 5.41) is 2.48. The number of carbonyl (C=O) groups excluding carboxylic acids is 1. The summed E-state index contributed by atoms with van der Waals surface area (Å²) in [6, 6.07) is 7.32. The second-order valence-electron chi connectivity index (χ2n) is 3.94. The summed E-state index contributed by atoms with van der Waals surface area (Å²) in [6.45, 7) is 0. The van der Waals surface area contributed by atoms with Gasteiger partial charge in [-0.2, -0.15) is 13.2 Å². The number of aromatic nitrogens is 1. The van der Waals surface area contributed by atoms with Crippen LogP contribution in [0.4, 0.5) is 18.9 Å². The van der Waals surface area contributed by atoms with Crippen molar-refractivity contribution in [1.29, 1.82) is 0 Å². The number of hydrogen-bond acceptors (Lipinski definition) is 2. The first-order valence-corrected chi connectivity index (χ1v) is 5.95. The Morgan fingerprint density at radius 2 is 1.80 bits per heavy atom. The van der Waals surface area contributed by atoms with Crippen LogP contribution >= 0.6 is 12.2 Å². The molecule has 0 saturated heterocycles. The van der Waals surface area contributed by atoms with Crippen LogP contribution in [0, 0.1) is 4.64 Å². The molecule has 0 aliphatic carbocycles. The van der Waals surface area contributed by atoms with Gasteiger partial charge in [0.05, 0.1) is 11.1 Å². The predicted molar refractivity (Wildman–Crippen MR) is 71.0 cm³/mol. The quantitative estimate of drug-likeness (QED) is 0.823. The van der Waals surface area contributed by atoms with Gasteiger partial charge in [0.15, 0.2) is 0 Å². The maximum atomic E-state index is 12.4. The van der Waals surface area contributed by atoms with Gasteiger partial charge in [-0.1, -0.05) is 12.2 Å². The summed E-state index contributed by atoms with van der Waals surface area (Å²) in [7, 11) is 0. The maximum absolute atomic E-state index is 12.4. The first kappa shape index (κ1) is 14.3. The Balaban J connectivity index is 2.17. The van der Waals surface area contributed by atoms with Crippen molar-refractivity contribution in [2.45, 2.75) is 6.18 Å². The van der Waals surface area contributed by atoms with Crippen molar-refractivity contribution in [3.05, 3.63) is 58.4 Å². The van der Waals surface area contributed by atoms with Crippen molar-refractivity contribution in [3.63, 3.8) is 0 Å². The molecule has 1 amide bonds. The molecule has 0 atom stereocenters. The van der Waals surface area contributed by atoms with Crippen molar-refractivity contribution in [1.82, 2.24) is 4.98 Å². The number of alkyl halides is 3. The van der Waals surface area contributed by atoms with Crippen LogP contribution in [0.25, 0.3) is 0 Å². The standard InChI is InChI=1S/C13H9F3N2OS/c14-13(15,16)8-3-5-9(6-4-8)18-11(19)10-2-1-7-17-12(10)20/h1-7H,(H,17,20)(H,18,19). The van der Waals surface area contributed by atoms with Gasteiger partial charge in [0.1, 0.15) is 4.64 Å². The van der Waals surface area contributed by atoms with Gasteiger partial charge in [0.25, 0.3) is 5.91 Å². The van der Waals surface area contributed by atoms with E-state index in [2.05, 4.69) is 10.3 Å². The molecule has 0 bridgehead atoms. The normalized spacial score (nSPS) is 11.2. The Bertz CT molecular complexity index is 677. The molecule has 0 saturated carbocycles. The van der Waals surface area contributed by atoms with Gasteiger partial charge >= 0.3 is 6.18 Å². The lowest BCUT2D eigenvalue weighted by Gasteiger charge is -2.08. The monoisotopic (exact) mass is 298 g/mol. The summed E-state index contributed by atoms with van der Waals surface area (Å²) < 4.78 is 37.4. The highest BCUT2D eigenvalue weighted by atomic mass is 32.1. The van der Waals surface area contributed by atoms with Crippen molar-refractivity contribution in [3.8, 4) is 0 Å². The highest BCUT2D eigenvalue weighted by Gasteiger charge is 2.29. The molecule has 0 spiro atoms. The zero-order valence-electron chi connectivity index (χ0n) is 9.99.